The molecule has 1 saturated heterocycles. The molecular formula is C15H32N2O. The quantitative estimate of drug-likeness (QED) is 0.686. The summed E-state index contributed by atoms with van der Waals surface area (Å²) in [6, 6.07) is 1.40. The van der Waals surface area contributed by atoms with Crippen LogP contribution in [0.1, 0.15) is 52.9 Å². The highest BCUT2D eigenvalue weighted by atomic mass is 16.3. The third kappa shape index (κ3) is 6.17. The Balaban J connectivity index is 2.12. The predicted octanol–water partition coefficient (Wildman–Crippen LogP) is 2.25. The fourth-order valence-corrected chi connectivity index (χ4v) is 2.69. The van der Waals surface area contributed by atoms with Crippen molar-refractivity contribution >= 4 is 0 Å². The third-order valence-corrected chi connectivity index (χ3v) is 4.11. The molecule has 108 valence electrons. The first-order valence-electron chi connectivity index (χ1n) is 7.71. The Morgan fingerprint density at radius 3 is 2.67 bits per heavy atom. The van der Waals surface area contributed by atoms with Gasteiger partial charge in [0.1, 0.15) is 0 Å². The van der Waals surface area contributed by atoms with E-state index in [-0.39, 0.29) is 0 Å². The maximum atomic E-state index is 8.98. The molecule has 0 bridgehead atoms. The number of rotatable bonds is 7. The van der Waals surface area contributed by atoms with Crippen LogP contribution >= 0.6 is 0 Å². The molecule has 1 aliphatic heterocycles. The highest BCUT2D eigenvalue weighted by molar-refractivity contribution is 4.76. The molecule has 0 aromatic rings. The lowest BCUT2D eigenvalue weighted by Gasteiger charge is -2.24. The van der Waals surface area contributed by atoms with Crippen molar-refractivity contribution in [2.75, 3.05) is 26.2 Å². The summed E-state index contributed by atoms with van der Waals surface area (Å²) in [4.78, 5) is 2.59. The third-order valence-electron chi connectivity index (χ3n) is 4.11. The van der Waals surface area contributed by atoms with Crippen LogP contribution in [0.3, 0.4) is 0 Å². The molecule has 3 heteroatoms. The second-order valence-corrected chi connectivity index (χ2v) is 6.14. The van der Waals surface area contributed by atoms with E-state index < -0.39 is 0 Å². The lowest BCUT2D eigenvalue weighted by atomic mass is 10.1. The summed E-state index contributed by atoms with van der Waals surface area (Å²) in [6.07, 6.45) is 6.25. The Morgan fingerprint density at radius 2 is 2.00 bits per heavy atom. The molecule has 1 aliphatic rings. The van der Waals surface area contributed by atoms with Crippen molar-refractivity contribution in [3.63, 3.8) is 0 Å². The summed E-state index contributed by atoms with van der Waals surface area (Å²) in [6.45, 7) is 10.6. The topological polar surface area (TPSA) is 35.5 Å². The number of aliphatic hydroxyl groups is 1. The second kappa shape index (κ2) is 8.89. The molecule has 0 aliphatic carbocycles. The number of aliphatic hydroxyl groups excluding tert-OH is 1. The van der Waals surface area contributed by atoms with E-state index in [1.807, 2.05) is 0 Å². The van der Waals surface area contributed by atoms with Gasteiger partial charge in [0.05, 0.1) is 0 Å². The lowest BCUT2D eigenvalue weighted by Crippen LogP contribution is -2.34. The monoisotopic (exact) mass is 256 g/mol. The van der Waals surface area contributed by atoms with Crippen LogP contribution in [-0.2, 0) is 0 Å². The van der Waals surface area contributed by atoms with Gasteiger partial charge in [-0.15, -0.1) is 0 Å². The van der Waals surface area contributed by atoms with Crippen LogP contribution in [0.2, 0.25) is 0 Å². The fraction of sp³-hybridized carbons (Fsp3) is 1.00. The van der Waals surface area contributed by atoms with Gasteiger partial charge in [-0.25, -0.2) is 0 Å². The van der Waals surface area contributed by atoms with Gasteiger partial charge < -0.3 is 15.3 Å². The number of likely N-dealkylation sites (tertiary alicyclic amines) is 1. The summed E-state index contributed by atoms with van der Waals surface area (Å²) in [7, 11) is 0. The minimum atomic E-state index is 0.326. The summed E-state index contributed by atoms with van der Waals surface area (Å²) in [5, 5.41) is 12.7. The Bertz CT molecular complexity index is 209. The molecule has 0 saturated carbocycles. The number of hydrogen-bond donors (Lipinski definition) is 2. The highest BCUT2D eigenvalue weighted by Crippen LogP contribution is 2.13. The number of nitrogens with one attached hydrogen (secondary N) is 1. The van der Waals surface area contributed by atoms with Crippen LogP contribution < -0.4 is 5.32 Å². The van der Waals surface area contributed by atoms with E-state index in [2.05, 4.69) is 31.0 Å². The summed E-state index contributed by atoms with van der Waals surface area (Å²) in [5.41, 5.74) is 0. The zero-order chi connectivity index (χ0) is 13.4. The molecular weight excluding hydrogens is 224 g/mol. The van der Waals surface area contributed by atoms with Gasteiger partial charge in [0.2, 0.25) is 0 Å². The Labute approximate surface area is 113 Å². The maximum absolute atomic E-state index is 8.98. The van der Waals surface area contributed by atoms with E-state index in [0.29, 0.717) is 24.6 Å². The Morgan fingerprint density at radius 1 is 1.22 bits per heavy atom. The SMILES string of the molecule is CC(CO)CCCNC1CCCN(C(C)C)CC1. The van der Waals surface area contributed by atoms with Gasteiger partial charge in [-0.05, 0) is 71.5 Å². The molecule has 1 heterocycles. The van der Waals surface area contributed by atoms with Gasteiger partial charge in [-0.3, -0.25) is 0 Å². The number of nitrogens with zero attached hydrogens (tertiary/aromatic N) is 1. The van der Waals surface area contributed by atoms with Crippen LogP contribution in [0.4, 0.5) is 0 Å². The van der Waals surface area contributed by atoms with Gasteiger partial charge in [0, 0.05) is 18.7 Å². The molecule has 1 fully saturated rings. The smallest absolute Gasteiger partial charge is 0.0456 e. The molecule has 0 spiro atoms. The van der Waals surface area contributed by atoms with Crippen molar-refractivity contribution in [1.29, 1.82) is 0 Å². The minimum absolute atomic E-state index is 0.326. The molecule has 0 aromatic carbocycles. The first-order valence-corrected chi connectivity index (χ1v) is 7.71. The Hall–Kier alpha value is -0.120. The molecule has 0 amide bonds. The first-order chi connectivity index (χ1) is 8.63. The van der Waals surface area contributed by atoms with E-state index >= 15 is 0 Å². The largest absolute Gasteiger partial charge is 0.396 e. The lowest BCUT2D eigenvalue weighted by molar-refractivity contribution is 0.225. The van der Waals surface area contributed by atoms with Crippen molar-refractivity contribution in [2.24, 2.45) is 5.92 Å². The van der Waals surface area contributed by atoms with Crippen molar-refractivity contribution in [1.82, 2.24) is 10.2 Å². The van der Waals surface area contributed by atoms with Crippen LogP contribution in [0.15, 0.2) is 0 Å². The first kappa shape index (κ1) is 15.9. The van der Waals surface area contributed by atoms with Gasteiger partial charge in [-0.1, -0.05) is 6.92 Å². The average molecular weight is 256 g/mol. The van der Waals surface area contributed by atoms with Gasteiger partial charge >= 0.3 is 0 Å². The molecule has 2 atom stereocenters. The zero-order valence-electron chi connectivity index (χ0n) is 12.5. The van der Waals surface area contributed by atoms with Crippen molar-refractivity contribution in [3.8, 4) is 0 Å². The molecule has 2 unspecified atom stereocenters. The van der Waals surface area contributed by atoms with E-state index in [9.17, 15) is 0 Å². The van der Waals surface area contributed by atoms with Crippen molar-refractivity contribution in [3.05, 3.63) is 0 Å². The molecule has 3 nitrogen and oxygen atoms in total. The number of hydrogen-bond acceptors (Lipinski definition) is 3. The molecule has 2 N–H and O–H groups in total. The fourth-order valence-electron chi connectivity index (χ4n) is 2.69. The summed E-state index contributed by atoms with van der Waals surface area (Å²) in [5.74, 6) is 0.456. The molecule has 18 heavy (non-hydrogen) atoms. The summed E-state index contributed by atoms with van der Waals surface area (Å²) < 4.78 is 0. The van der Waals surface area contributed by atoms with Crippen molar-refractivity contribution < 1.29 is 5.11 Å². The van der Waals surface area contributed by atoms with E-state index in [4.69, 9.17) is 5.11 Å². The van der Waals surface area contributed by atoms with E-state index in [0.717, 1.165) is 13.0 Å². The average Bonchev–Trinajstić information content (AvgIpc) is 2.59. The second-order valence-electron chi connectivity index (χ2n) is 6.14. The van der Waals surface area contributed by atoms with Gasteiger partial charge in [0.15, 0.2) is 0 Å². The van der Waals surface area contributed by atoms with Crippen LogP contribution in [0.5, 0.6) is 0 Å². The standard InChI is InChI=1S/C15H32N2O/c1-13(2)17-10-5-7-15(8-11-17)16-9-4-6-14(3)12-18/h13-16,18H,4-12H2,1-3H3. The maximum Gasteiger partial charge on any atom is 0.0456 e. The minimum Gasteiger partial charge on any atom is -0.396 e. The molecule has 1 rings (SSSR count). The van der Waals surface area contributed by atoms with Gasteiger partial charge in [0.25, 0.3) is 0 Å². The molecule has 0 aromatic heterocycles. The molecule has 0 radical (unpaired) electrons. The van der Waals surface area contributed by atoms with Crippen LogP contribution in [-0.4, -0.2) is 48.3 Å². The van der Waals surface area contributed by atoms with E-state index in [1.54, 1.807) is 0 Å². The van der Waals surface area contributed by atoms with Crippen LogP contribution in [0, 0.1) is 5.92 Å². The highest BCUT2D eigenvalue weighted by Gasteiger charge is 2.17. The van der Waals surface area contributed by atoms with E-state index in [1.165, 1.54) is 38.8 Å². The van der Waals surface area contributed by atoms with Crippen molar-refractivity contribution in [2.45, 2.75) is 65.0 Å². The summed E-state index contributed by atoms with van der Waals surface area (Å²) >= 11 is 0. The normalized spacial score (nSPS) is 24.2. The van der Waals surface area contributed by atoms with Crippen LogP contribution in [0.25, 0.3) is 0 Å². The predicted molar refractivity (Wildman–Crippen MR) is 77.8 cm³/mol. The zero-order valence-corrected chi connectivity index (χ0v) is 12.5. The van der Waals surface area contributed by atoms with Gasteiger partial charge in [-0.2, -0.15) is 0 Å². The Kier molecular flexibility index (Phi) is 7.87.